The lowest BCUT2D eigenvalue weighted by Crippen LogP contribution is -1.95. The highest BCUT2D eigenvalue weighted by Gasteiger charge is 2.14. The third-order valence-electron chi connectivity index (χ3n) is 4.27. The van der Waals surface area contributed by atoms with Gasteiger partial charge in [-0.2, -0.15) is 10.2 Å². The number of nitriles is 1. The van der Waals surface area contributed by atoms with Crippen molar-refractivity contribution in [2.75, 3.05) is 7.11 Å². The Morgan fingerprint density at radius 2 is 1.93 bits per heavy atom. The summed E-state index contributed by atoms with van der Waals surface area (Å²) in [6.07, 6.45) is 3.67. The molecule has 6 nitrogen and oxygen atoms in total. The number of fused-ring (bicyclic) bond motifs is 1. The Kier molecular flexibility index (Phi) is 4.19. The van der Waals surface area contributed by atoms with Crippen LogP contribution in [0.4, 0.5) is 0 Å². The zero-order valence-electron chi connectivity index (χ0n) is 14.9. The number of benzene rings is 2. The van der Waals surface area contributed by atoms with Crippen LogP contribution in [-0.2, 0) is 0 Å². The first-order valence-electron chi connectivity index (χ1n) is 8.35. The largest absolute Gasteiger partial charge is 0.496 e. The van der Waals surface area contributed by atoms with E-state index < -0.39 is 0 Å². The summed E-state index contributed by atoms with van der Waals surface area (Å²) in [5.41, 5.74) is 3.10. The van der Waals surface area contributed by atoms with E-state index in [-0.39, 0.29) is 0 Å². The first kappa shape index (κ1) is 16.6. The van der Waals surface area contributed by atoms with Gasteiger partial charge in [0.2, 0.25) is 11.7 Å². The molecule has 0 saturated carbocycles. The predicted molar refractivity (Wildman–Crippen MR) is 101 cm³/mol. The number of hydrogen-bond donors (Lipinski definition) is 0. The third kappa shape index (κ3) is 3.07. The third-order valence-corrected chi connectivity index (χ3v) is 4.27. The minimum absolute atomic E-state index is 0.512. The van der Waals surface area contributed by atoms with Crippen molar-refractivity contribution in [1.29, 1.82) is 5.26 Å². The molecule has 132 valence electrons. The van der Waals surface area contributed by atoms with Gasteiger partial charge in [0.25, 0.3) is 0 Å². The molecule has 0 N–H and O–H groups in total. The molecule has 0 aliphatic rings. The molecule has 0 unspecified atom stereocenters. The summed E-state index contributed by atoms with van der Waals surface area (Å²) >= 11 is 0. The zero-order valence-corrected chi connectivity index (χ0v) is 14.9. The lowest BCUT2D eigenvalue weighted by atomic mass is 10.1. The molecule has 0 aliphatic carbocycles. The molecular weight excluding hydrogens is 340 g/mol. The summed E-state index contributed by atoms with van der Waals surface area (Å²) in [6, 6.07) is 17.0. The summed E-state index contributed by atoms with van der Waals surface area (Å²) in [7, 11) is 1.58. The molecule has 0 amide bonds. The zero-order chi connectivity index (χ0) is 18.8. The Balaban J connectivity index is 1.77. The van der Waals surface area contributed by atoms with E-state index in [0.717, 1.165) is 22.6 Å². The molecule has 4 rings (SSSR count). The maximum Gasteiger partial charge on any atom is 0.242 e. The van der Waals surface area contributed by atoms with Crippen LogP contribution in [0.5, 0.6) is 17.4 Å². The average Bonchev–Trinajstić information content (AvgIpc) is 3.03. The fraction of sp³-hybridized carbons (Fsp3) is 0.0952. The van der Waals surface area contributed by atoms with Crippen molar-refractivity contribution >= 4 is 5.78 Å². The molecule has 0 saturated heterocycles. The van der Waals surface area contributed by atoms with E-state index in [1.165, 1.54) is 0 Å². The van der Waals surface area contributed by atoms with Crippen molar-refractivity contribution < 1.29 is 9.47 Å². The van der Waals surface area contributed by atoms with Gasteiger partial charge >= 0.3 is 0 Å². The summed E-state index contributed by atoms with van der Waals surface area (Å²) in [5.74, 6) is 2.40. The van der Waals surface area contributed by atoms with Crippen LogP contribution < -0.4 is 9.47 Å². The van der Waals surface area contributed by atoms with Crippen LogP contribution in [0.25, 0.3) is 16.9 Å². The smallest absolute Gasteiger partial charge is 0.242 e. The normalized spacial score (nSPS) is 10.6. The topological polar surface area (TPSA) is 72.4 Å². The van der Waals surface area contributed by atoms with Crippen molar-refractivity contribution in [3.05, 3.63) is 72.2 Å². The van der Waals surface area contributed by atoms with E-state index in [2.05, 4.69) is 16.0 Å². The van der Waals surface area contributed by atoms with Gasteiger partial charge in [-0.3, -0.25) is 4.40 Å². The maximum absolute atomic E-state index is 9.08. The van der Waals surface area contributed by atoms with Crippen molar-refractivity contribution in [2.24, 2.45) is 0 Å². The van der Waals surface area contributed by atoms with Gasteiger partial charge in [0, 0.05) is 23.5 Å². The van der Waals surface area contributed by atoms with Gasteiger partial charge in [0.1, 0.15) is 11.5 Å². The van der Waals surface area contributed by atoms with Crippen molar-refractivity contribution in [3.8, 4) is 34.6 Å². The highest BCUT2D eigenvalue weighted by atomic mass is 16.5. The number of nitrogens with zero attached hydrogens (tertiary/aromatic N) is 4. The first-order valence-corrected chi connectivity index (χ1v) is 8.35. The van der Waals surface area contributed by atoms with E-state index in [0.29, 0.717) is 23.0 Å². The number of hydrogen-bond acceptors (Lipinski definition) is 5. The van der Waals surface area contributed by atoms with E-state index in [4.69, 9.17) is 14.7 Å². The van der Waals surface area contributed by atoms with Crippen LogP contribution in [0.2, 0.25) is 0 Å². The Labute approximate surface area is 156 Å². The molecule has 0 atom stereocenters. The Morgan fingerprint density at radius 1 is 1.11 bits per heavy atom. The van der Waals surface area contributed by atoms with Gasteiger partial charge in [-0.1, -0.05) is 18.2 Å². The maximum atomic E-state index is 9.08. The molecule has 0 fully saturated rings. The summed E-state index contributed by atoms with van der Waals surface area (Å²) in [5, 5.41) is 9.08. The second kappa shape index (κ2) is 6.81. The van der Waals surface area contributed by atoms with Gasteiger partial charge in [-0.25, -0.2) is 4.98 Å². The quantitative estimate of drug-likeness (QED) is 0.543. The Bertz CT molecular complexity index is 1160. The van der Waals surface area contributed by atoms with E-state index in [9.17, 15) is 0 Å². The lowest BCUT2D eigenvalue weighted by Gasteiger charge is -2.09. The molecule has 0 spiro atoms. The molecule has 4 aromatic rings. The van der Waals surface area contributed by atoms with Crippen LogP contribution in [0.3, 0.4) is 0 Å². The van der Waals surface area contributed by atoms with Gasteiger partial charge < -0.3 is 9.47 Å². The van der Waals surface area contributed by atoms with Crippen LogP contribution in [0.1, 0.15) is 11.3 Å². The Morgan fingerprint density at radius 3 is 2.67 bits per heavy atom. The van der Waals surface area contributed by atoms with Gasteiger partial charge in [0.15, 0.2) is 0 Å². The Hall–Kier alpha value is -3.85. The molecule has 2 aromatic heterocycles. The fourth-order valence-electron chi connectivity index (χ4n) is 2.86. The minimum Gasteiger partial charge on any atom is -0.496 e. The van der Waals surface area contributed by atoms with Crippen LogP contribution in [-0.4, -0.2) is 21.5 Å². The predicted octanol–water partition coefficient (Wildman–Crippen LogP) is 4.38. The van der Waals surface area contributed by atoms with E-state index in [1.54, 1.807) is 25.4 Å². The highest BCUT2D eigenvalue weighted by molar-refractivity contribution is 5.71. The van der Waals surface area contributed by atoms with Gasteiger partial charge in [0.05, 0.1) is 24.4 Å². The summed E-state index contributed by atoms with van der Waals surface area (Å²) in [6.45, 7) is 1.93. The molecule has 0 aliphatic heterocycles. The SMILES string of the molecule is COc1cc(C#N)ccc1-c1cnc2nc(Oc3ccccc3)c(C)n2c1. The number of ether oxygens (including phenoxy) is 2. The number of imidazole rings is 1. The molecule has 2 aromatic carbocycles. The number of rotatable bonds is 4. The second-order valence-corrected chi connectivity index (χ2v) is 5.96. The van der Waals surface area contributed by atoms with Crippen molar-refractivity contribution in [3.63, 3.8) is 0 Å². The van der Waals surface area contributed by atoms with Crippen LogP contribution in [0, 0.1) is 18.3 Å². The van der Waals surface area contributed by atoms with Crippen LogP contribution in [0.15, 0.2) is 60.9 Å². The minimum atomic E-state index is 0.512. The van der Waals surface area contributed by atoms with Crippen molar-refractivity contribution in [1.82, 2.24) is 14.4 Å². The van der Waals surface area contributed by atoms with Crippen LogP contribution >= 0.6 is 0 Å². The summed E-state index contributed by atoms with van der Waals surface area (Å²) < 4.78 is 13.2. The van der Waals surface area contributed by atoms with E-state index >= 15 is 0 Å². The molecule has 6 heteroatoms. The molecular formula is C21H16N4O2. The number of methoxy groups -OCH3 is 1. The molecule has 2 heterocycles. The molecule has 0 radical (unpaired) electrons. The molecule has 0 bridgehead atoms. The lowest BCUT2D eigenvalue weighted by molar-refractivity contribution is 0.416. The second-order valence-electron chi connectivity index (χ2n) is 5.96. The van der Waals surface area contributed by atoms with Gasteiger partial charge in [-0.15, -0.1) is 0 Å². The number of aryl methyl sites for hydroxylation is 1. The number of aromatic nitrogens is 3. The monoisotopic (exact) mass is 356 g/mol. The van der Waals surface area contributed by atoms with Gasteiger partial charge in [-0.05, 0) is 37.3 Å². The highest BCUT2D eigenvalue weighted by Crippen LogP contribution is 2.32. The average molecular weight is 356 g/mol. The van der Waals surface area contributed by atoms with E-state index in [1.807, 2.05) is 53.9 Å². The first-order chi connectivity index (χ1) is 13.2. The van der Waals surface area contributed by atoms with Crippen molar-refractivity contribution in [2.45, 2.75) is 6.92 Å². The fourth-order valence-corrected chi connectivity index (χ4v) is 2.86. The number of para-hydroxylation sites is 1. The summed E-state index contributed by atoms with van der Waals surface area (Å²) in [4.78, 5) is 8.92. The molecule has 27 heavy (non-hydrogen) atoms. The standard InChI is InChI=1S/C21H16N4O2/c1-14-20(27-17-6-4-3-5-7-17)24-21-23-12-16(13-25(14)21)18-9-8-15(11-22)10-19(18)26-2/h3-10,12-13H,1-2H3.